The number of carbonyl (C=O) groups is 2. The van der Waals surface area contributed by atoms with Crippen LogP contribution in [0.2, 0.25) is 0 Å². The van der Waals surface area contributed by atoms with E-state index in [0.717, 1.165) is 19.3 Å². The van der Waals surface area contributed by atoms with Crippen molar-refractivity contribution in [2.24, 2.45) is 5.73 Å². The molecule has 2 aromatic heterocycles. The van der Waals surface area contributed by atoms with E-state index in [9.17, 15) is 14.0 Å². The molecule has 2 amide bonds. The lowest BCUT2D eigenvalue weighted by Gasteiger charge is -2.22. The van der Waals surface area contributed by atoms with Crippen molar-refractivity contribution in [3.63, 3.8) is 0 Å². The molecule has 1 aromatic carbocycles. The minimum Gasteiger partial charge on any atom is -0.492 e. The second kappa shape index (κ2) is 10.2. The van der Waals surface area contributed by atoms with E-state index in [2.05, 4.69) is 15.4 Å². The molecule has 0 radical (unpaired) electrons. The first-order valence-electron chi connectivity index (χ1n) is 10.7. The number of ether oxygens (including phenoxy) is 2. The zero-order valence-corrected chi connectivity index (χ0v) is 17.9. The van der Waals surface area contributed by atoms with Gasteiger partial charge in [0.05, 0.1) is 6.54 Å². The number of carbonyl (C=O) groups excluding carboxylic acids is 2. The molecule has 10 heteroatoms. The van der Waals surface area contributed by atoms with Gasteiger partial charge in [-0.3, -0.25) is 14.6 Å². The number of nitrogens with zero attached hydrogens (tertiary/aromatic N) is 3. The molecule has 33 heavy (non-hydrogen) atoms. The first kappa shape index (κ1) is 22.4. The Morgan fingerprint density at radius 2 is 2.00 bits per heavy atom. The third-order valence-corrected chi connectivity index (χ3v) is 5.20. The van der Waals surface area contributed by atoms with Gasteiger partial charge in [-0.15, -0.1) is 0 Å². The Labute approximate surface area is 189 Å². The van der Waals surface area contributed by atoms with Crippen LogP contribution < -0.4 is 15.8 Å². The van der Waals surface area contributed by atoms with Gasteiger partial charge < -0.3 is 20.5 Å². The smallest absolute Gasteiger partial charge is 0.272 e. The highest BCUT2D eigenvalue weighted by molar-refractivity contribution is 6.03. The molecule has 1 fully saturated rings. The number of hydrogen-bond donors (Lipinski definition) is 2. The second-order valence-electron chi connectivity index (χ2n) is 7.51. The number of benzene rings is 1. The first-order chi connectivity index (χ1) is 16.0. The minimum atomic E-state index is -0.702. The summed E-state index contributed by atoms with van der Waals surface area (Å²) in [6.07, 6.45) is 5.58. The van der Waals surface area contributed by atoms with Crippen LogP contribution in [0, 0.1) is 5.82 Å². The van der Waals surface area contributed by atoms with E-state index in [0.29, 0.717) is 23.5 Å². The number of hydrogen-bond acceptors (Lipinski definition) is 6. The summed E-state index contributed by atoms with van der Waals surface area (Å²) in [6, 6.07) is 8.94. The summed E-state index contributed by atoms with van der Waals surface area (Å²) in [6.45, 7) is 0.984. The Bertz CT molecular complexity index is 1130. The molecule has 3 N–H and O–H groups in total. The SMILES string of the molecule is NC(=O)c1ncccc1-c1cn(C2CCCCO2)nc1C(=O)NCCOc1ccc(F)cc1. The van der Waals surface area contributed by atoms with Crippen LogP contribution in [0.4, 0.5) is 4.39 Å². The van der Waals surface area contributed by atoms with Crippen LogP contribution in [-0.2, 0) is 4.74 Å². The molecule has 0 saturated carbocycles. The van der Waals surface area contributed by atoms with Gasteiger partial charge in [-0.1, -0.05) is 6.07 Å². The van der Waals surface area contributed by atoms with E-state index < -0.39 is 11.8 Å². The van der Waals surface area contributed by atoms with E-state index in [1.54, 1.807) is 23.0 Å². The molecule has 0 spiro atoms. The molecule has 1 atom stereocenters. The number of aromatic nitrogens is 3. The van der Waals surface area contributed by atoms with Gasteiger partial charge in [0, 0.05) is 30.1 Å². The Morgan fingerprint density at radius 1 is 1.18 bits per heavy atom. The molecule has 9 nitrogen and oxygen atoms in total. The second-order valence-corrected chi connectivity index (χ2v) is 7.51. The fourth-order valence-corrected chi connectivity index (χ4v) is 3.60. The molecule has 3 heterocycles. The molecule has 4 rings (SSSR count). The van der Waals surface area contributed by atoms with E-state index in [-0.39, 0.29) is 36.6 Å². The van der Waals surface area contributed by atoms with Crippen LogP contribution in [0.1, 0.15) is 46.5 Å². The monoisotopic (exact) mass is 453 g/mol. The zero-order chi connectivity index (χ0) is 23.2. The maximum Gasteiger partial charge on any atom is 0.272 e. The van der Waals surface area contributed by atoms with Crippen LogP contribution in [-0.4, -0.2) is 46.3 Å². The van der Waals surface area contributed by atoms with Crippen molar-refractivity contribution in [1.82, 2.24) is 20.1 Å². The number of primary amides is 1. The Balaban J connectivity index is 1.54. The Hall–Kier alpha value is -3.79. The van der Waals surface area contributed by atoms with Crippen molar-refractivity contribution in [3.8, 4) is 16.9 Å². The van der Waals surface area contributed by atoms with Gasteiger partial charge in [-0.2, -0.15) is 5.10 Å². The molecule has 0 bridgehead atoms. The quantitative estimate of drug-likeness (QED) is 0.506. The van der Waals surface area contributed by atoms with E-state index >= 15 is 0 Å². The van der Waals surface area contributed by atoms with Gasteiger partial charge >= 0.3 is 0 Å². The van der Waals surface area contributed by atoms with Crippen molar-refractivity contribution in [1.29, 1.82) is 0 Å². The number of amides is 2. The van der Waals surface area contributed by atoms with Gasteiger partial charge in [0.25, 0.3) is 11.8 Å². The summed E-state index contributed by atoms with van der Waals surface area (Å²) in [5.74, 6) is -1.01. The molecule has 0 aliphatic carbocycles. The number of nitrogens with one attached hydrogen (secondary N) is 1. The lowest BCUT2D eigenvalue weighted by Crippen LogP contribution is -2.29. The maximum absolute atomic E-state index is 13.0. The molecule has 1 aliphatic heterocycles. The zero-order valence-electron chi connectivity index (χ0n) is 17.9. The normalized spacial score (nSPS) is 15.7. The van der Waals surface area contributed by atoms with Gasteiger partial charge in [-0.05, 0) is 49.6 Å². The highest BCUT2D eigenvalue weighted by Gasteiger charge is 2.25. The topological polar surface area (TPSA) is 121 Å². The lowest BCUT2D eigenvalue weighted by atomic mass is 10.0. The molecule has 1 aliphatic rings. The van der Waals surface area contributed by atoms with Crippen LogP contribution >= 0.6 is 0 Å². The van der Waals surface area contributed by atoms with Crippen molar-refractivity contribution in [2.75, 3.05) is 19.8 Å². The number of halogens is 1. The van der Waals surface area contributed by atoms with Gasteiger partial charge in [0.2, 0.25) is 0 Å². The third kappa shape index (κ3) is 5.35. The van der Waals surface area contributed by atoms with Crippen LogP contribution in [0.15, 0.2) is 48.8 Å². The van der Waals surface area contributed by atoms with Gasteiger partial charge in [0.1, 0.15) is 30.1 Å². The van der Waals surface area contributed by atoms with E-state index in [1.807, 2.05) is 0 Å². The number of pyridine rings is 1. The average Bonchev–Trinajstić information content (AvgIpc) is 3.29. The van der Waals surface area contributed by atoms with Crippen LogP contribution in [0.3, 0.4) is 0 Å². The maximum atomic E-state index is 13.0. The Kier molecular flexibility index (Phi) is 6.94. The largest absolute Gasteiger partial charge is 0.492 e. The van der Waals surface area contributed by atoms with Gasteiger partial charge in [-0.25, -0.2) is 9.07 Å². The summed E-state index contributed by atoms with van der Waals surface area (Å²) in [5, 5.41) is 7.24. The van der Waals surface area contributed by atoms with Crippen LogP contribution in [0.5, 0.6) is 5.75 Å². The first-order valence-corrected chi connectivity index (χ1v) is 10.7. The molecule has 172 valence electrons. The highest BCUT2D eigenvalue weighted by atomic mass is 19.1. The summed E-state index contributed by atoms with van der Waals surface area (Å²) in [4.78, 5) is 29.0. The standard InChI is InChI=1S/C23H24FN5O4/c24-15-6-8-16(9-7-15)32-13-11-27-23(31)21-18(17-4-3-10-26-20(17)22(25)30)14-29(28-21)19-5-1-2-12-33-19/h3-4,6-10,14,19H,1-2,5,11-13H2,(H2,25,30)(H,27,31). The predicted octanol–water partition coefficient (Wildman–Crippen LogP) is 2.69. The van der Waals surface area contributed by atoms with E-state index in [1.165, 1.54) is 30.5 Å². The summed E-state index contributed by atoms with van der Waals surface area (Å²) in [7, 11) is 0. The fourth-order valence-electron chi connectivity index (χ4n) is 3.60. The van der Waals surface area contributed by atoms with Crippen molar-refractivity contribution < 1.29 is 23.5 Å². The lowest BCUT2D eigenvalue weighted by molar-refractivity contribution is -0.0395. The van der Waals surface area contributed by atoms with Crippen molar-refractivity contribution in [2.45, 2.75) is 25.5 Å². The summed E-state index contributed by atoms with van der Waals surface area (Å²) >= 11 is 0. The molecular formula is C23H24FN5O4. The van der Waals surface area contributed by atoms with Crippen molar-refractivity contribution in [3.05, 3.63) is 66.0 Å². The fraction of sp³-hybridized carbons (Fsp3) is 0.304. The van der Waals surface area contributed by atoms with Crippen molar-refractivity contribution >= 4 is 11.8 Å². The molecule has 1 unspecified atom stereocenters. The van der Waals surface area contributed by atoms with Gasteiger partial charge in [0.15, 0.2) is 5.69 Å². The summed E-state index contributed by atoms with van der Waals surface area (Å²) < 4.78 is 25.9. The number of nitrogens with two attached hydrogens (primary N) is 1. The molecule has 3 aromatic rings. The molecule has 1 saturated heterocycles. The Morgan fingerprint density at radius 3 is 2.73 bits per heavy atom. The average molecular weight is 453 g/mol. The van der Waals surface area contributed by atoms with Crippen LogP contribution in [0.25, 0.3) is 11.1 Å². The third-order valence-electron chi connectivity index (χ3n) is 5.20. The number of rotatable bonds is 8. The molecular weight excluding hydrogens is 429 g/mol. The predicted molar refractivity (Wildman–Crippen MR) is 117 cm³/mol. The van der Waals surface area contributed by atoms with E-state index in [4.69, 9.17) is 15.2 Å². The highest BCUT2D eigenvalue weighted by Crippen LogP contribution is 2.29. The summed E-state index contributed by atoms with van der Waals surface area (Å²) in [5.41, 5.74) is 6.52. The minimum absolute atomic E-state index is 0.0512.